The fourth-order valence-corrected chi connectivity index (χ4v) is 0.947. The molecule has 1 heterocycles. The molecule has 2 N–H and O–H groups in total. The normalized spacial score (nSPS) is 22.3. The summed E-state index contributed by atoms with van der Waals surface area (Å²) in [6.07, 6.45) is 0.634. The molecule has 1 unspecified atom stereocenters. The molecule has 4 heteroatoms. The highest BCUT2D eigenvalue weighted by atomic mass is 16.7. The van der Waals surface area contributed by atoms with Crippen LogP contribution < -0.4 is 5.73 Å². The van der Waals surface area contributed by atoms with Gasteiger partial charge < -0.3 is 5.73 Å². The Labute approximate surface area is 71.6 Å². The number of hydroxylamine groups is 2. The Balaban J connectivity index is 2.32. The number of rotatable bonds is 2. The highest BCUT2D eigenvalue weighted by Gasteiger charge is 2.29. The van der Waals surface area contributed by atoms with Gasteiger partial charge in [-0.05, 0) is 6.92 Å². The van der Waals surface area contributed by atoms with Crippen LogP contribution in [-0.2, 0) is 9.63 Å². The zero-order valence-electron chi connectivity index (χ0n) is 7.04. The van der Waals surface area contributed by atoms with Crippen molar-refractivity contribution in [2.24, 2.45) is 5.73 Å². The Morgan fingerprint density at radius 3 is 3.08 bits per heavy atom. The average molecular weight is 168 g/mol. The van der Waals surface area contributed by atoms with Gasteiger partial charge in [-0.15, -0.1) is 11.8 Å². The first-order valence-corrected chi connectivity index (χ1v) is 3.85. The number of hydrogen-bond acceptors (Lipinski definition) is 3. The van der Waals surface area contributed by atoms with Gasteiger partial charge in [0.05, 0.1) is 13.2 Å². The highest BCUT2D eigenvalue weighted by molar-refractivity contribution is 5.82. The predicted octanol–water partition coefficient (Wildman–Crippen LogP) is -0.499. The third-order valence-electron chi connectivity index (χ3n) is 1.59. The summed E-state index contributed by atoms with van der Waals surface area (Å²) in [6, 6.07) is -0.486. The number of nitrogens with zero attached hydrogens (tertiary/aromatic N) is 1. The van der Waals surface area contributed by atoms with Crippen LogP contribution in [0.1, 0.15) is 13.3 Å². The summed E-state index contributed by atoms with van der Waals surface area (Å²) in [5.41, 5.74) is 5.42. The Morgan fingerprint density at radius 1 is 1.83 bits per heavy atom. The third-order valence-corrected chi connectivity index (χ3v) is 1.59. The number of nitrogens with two attached hydrogens (primary N) is 1. The van der Waals surface area contributed by atoms with Crippen molar-refractivity contribution in [1.29, 1.82) is 0 Å². The molecule has 1 amide bonds. The van der Waals surface area contributed by atoms with Gasteiger partial charge in [-0.1, -0.05) is 0 Å². The minimum absolute atomic E-state index is 0.145. The van der Waals surface area contributed by atoms with Crippen LogP contribution in [0, 0.1) is 11.8 Å². The van der Waals surface area contributed by atoms with Gasteiger partial charge in [0, 0.05) is 6.42 Å². The Kier molecular flexibility index (Phi) is 3.09. The molecule has 1 atom stereocenters. The van der Waals surface area contributed by atoms with E-state index in [0.29, 0.717) is 19.6 Å². The quantitative estimate of drug-likeness (QED) is 0.565. The van der Waals surface area contributed by atoms with Gasteiger partial charge in [0.15, 0.2) is 0 Å². The van der Waals surface area contributed by atoms with E-state index in [1.54, 1.807) is 6.92 Å². The van der Waals surface area contributed by atoms with Crippen molar-refractivity contribution in [2.45, 2.75) is 19.4 Å². The minimum atomic E-state index is -0.486. The van der Waals surface area contributed by atoms with E-state index in [2.05, 4.69) is 11.8 Å². The number of carbonyl (C=O) groups excluding carboxylic acids is 1. The molecule has 0 spiro atoms. The number of carbonyl (C=O) groups is 1. The molecule has 1 aliphatic rings. The summed E-state index contributed by atoms with van der Waals surface area (Å²) in [4.78, 5) is 16.1. The summed E-state index contributed by atoms with van der Waals surface area (Å²) < 4.78 is 0. The maximum absolute atomic E-state index is 11.1. The van der Waals surface area contributed by atoms with E-state index < -0.39 is 6.04 Å². The Hall–Kier alpha value is -1.05. The topological polar surface area (TPSA) is 55.6 Å². The van der Waals surface area contributed by atoms with Crippen LogP contribution in [-0.4, -0.2) is 30.2 Å². The van der Waals surface area contributed by atoms with Crippen LogP contribution >= 0.6 is 0 Å². The summed E-state index contributed by atoms with van der Waals surface area (Å²) in [7, 11) is 0. The van der Waals surface area contributed by atoms with Gasteiger partial charge in [-0.3, -0.25) is 9.63 Å². The second-order valence-corrected chi connectivity index (χ2v) is 2.52. The van der Waals surface area contributed by atoms with Crippen LogP contribution in [0.25, 0.3) is 0 Å². The van der Waals surface area contributed by atoms with Crippen LogP contribution in [0.5, 0.6) is 0 Å². The van der Waals surface area contributed by atoms with Crippen molar-refractivity contribution in [3.63, 3.8) is 0 Å². The van der Waals surface area contributed by atoms with E-state index in [-0.39, 0.29) is 5.91 Å². The summed E-state index contributed by atoms with van der Waals surface area (Å²) in [5.74, 6) is 5.44. The molecule has 1 fully saturated rings. The van der Waals surface area contributed by atoms with Gasteiger partial charge in [-0.25, -0.2) is 5.06 Å². The molecule has 0 aromatic rings. The zero-order valence-corrected chi connectivity index (χ0v) is 7.04. The van der Waals surface area contributed by atoms with E-state index in [1.165, 1.54) is 5.06 Å². The van der Waals surface area contributed by atoms with E-state index in [0.717, 1.165) is 0 Å². The molecule has 66 valence electrons. The van der Waals surface area contributed by atoms with E-state index >= 15 is 0 Å². The van der Waals surface area contributed by atoms with Crippen molar-refractivity contribution >= 4 is 5.91 Å². The summed E-state index contributed by atoms with van der Waals surface area (Å²) in [6.45, 7) is 2.56. The molecular formula is C8H12N2O2. The molecule has 0 aromatic carbocycles. The molecule has 1 rings (SSSR count). The van der Waals surface area contributed by atoms with Gasteiger partial charge in [0.1, 0.15) is 6.04 Å². The van der Waals surface area contributed by atoms with Crippen molar-refractivity contribution in [3.8, 4) is 11.8 Å². The number of amides is 1. The molecule has 0 bridgehead atoms. The third kappa shape index (κ3) is 1.97. The largest absolute Gasteiger partial charge is 0.318 e. The lowest BCUT2D eigenvalue weighted by Gasteiger charge is -2.11. The predicted molar refractivity (Wildman–Crippen MR) is 43.7 cm³/mol. The molecule has 1 saturated heterocycles. The lowest BCUT2D eigenvalue weighted by atomic mass is 10.3. The summed E-state index contributed by atoms with van der Waals surface area (Å²) >= 11 is 0. The molecule has 0 radical (unpaired) electrons. The van der Waals surface area contributed by atoms with E-state index in [9.17, 15) is 4.79 Å². The first-order valence-electron chi connectivity index (χ1n) is 3.85. The molecular weight excluding hydrogens is 156 g/mol. The van der Waals surface area contributed by atoms with Crippen molar-refractivity contribution in [1.82, 2.24) is 5.06 Å². The molecule has 0 aliphatic carbocycles. The second kappa shape index (κ2) is 4.10. The monoisotopic (exact) mass is 168 g/mol. The Bertz CT molecular complexity index is 229. The maximum atomic E-state index is 11.1. The van der Waals surface area contributed by atoms with Gasteiger partial charge in [0.25, 0.3) is 5.91 Å². The molecule has 4 nitrogen and oxygen atoms in total. The van der Waals surface area contributed by atoms with Crippen LogP contribution in [0.15, 0.2) is 0 Å². The first-order chi connectivity index (χ1) is 5.75. The van der Waals surface area contributed by atoms with Crippen molar-refractivity contribution in [2.75, 3.05) is 13.2 Å². The molecule has 12 heavy (non-hydrogen) atoms. The molecule has 0 aromatic heterocycles. The maximum Gasteiger partial charge on any atom is 0.265 e. The van der Waals surface area contributed by atoms with Gasteiger partial charge >= 0.3 is 0 Å². The Morgan fingerprint density at radius 2 is 2.58 bits per heavy atom. The highest BCUT2D eigenvalue weighted by Crippen LogP contribution is 2.05. The summed E-state index contributed by atoms with van der Waals surface area (Å²) in [5, 5.41) is 1.29. The standard InChI is InChI=1S/C8H12N2O2/c1-2-3-4-5-10-8(11)7(9)6-12-10/h7H,4-6,9H2,1H3. The smallest absolute Gasteiger partial charge is 0.265 e. The number of hydrogen-bond donors (Lipinski definition) is 1. The van der Waals surface area contributed by atoms with Crippen molar-refractivity contribution in [3.05, 3.63) is 0 Å². The lowest BCUT2D eigenvalue weighted by molar-refractivity contribution is -0.161. The fraction of sp³-hybridized carbons (Fsp3) is 0.625. The van der Waals surface area contributed by atoms with E-state index in [1.807, 2.05) is 0 Å². The second-order valence-electron chi connectivity index (χ2n) is 2.52. The van der Waals surface area contributed by atoms with Crippen LogP contribution in [0.3, 0.4) is 0 Å². The minimum Gasteiger partial charge on any atom is -0.318 e. The first kappa shape index (κ1) is 9.04. The lowest BCUT2D eigenvalue weighted by Crippen LogP contribution is -2.34. The van der Waals surface area contributed by atoms with Crippen LogP contribution in [0.4, 0.5) is 0 Å². The zero-order chi connectivity index (χ0) is 8.97. The fourth-order valence-electron chi connectivity index (χ4n) is 0.947. The van der Waals surface area contributed by atoms with Gasteiger partial charge in [0.2, 0.25) is 0 Å². The SMILES string of the molecule is CC#CCCN1OCC(N)C1=O. The average Bonchev–Trinajstić information content (AvgIpc) is 2.36. The van der Waals surface area contributed by atoms with Crippen LogP contribution in [0.2, 0.25) is 0 Å². The molecule has 1 aliphatic heterocycles. The van der Waals surface area contributed by atoms with Crippen molar-refractivity contribution < 1.29 is 9.63 Å². The van der Waals surface area contributed by atoms with E-state index in [4.69, 9.17) is 10.6 Å². The van der Waals surface area contributed by atoms with Gasteiger partial charge in [-0.2, -0.15) is 0 Å². The molecule has 0 saturated carbocycles.